The molecule has 1 aromatic carbocycles. The van der Waals surface area contributed by atoms with E-state index in [4.69, 9.17) is 5.73 Å². The van der Waals surface area contributed by atoms with Gasteiger partial charge in [-0.05, 0) is 37.4 Å². The summed E-state index contributed by atoms with van der Waals surface area (Å²) < 4.78 is 1.11. The minimum absolute atomic E-state index is 0.179. The molecule has 1 rings (SSSR count). The largest absolute Gasteiger partial charge is 0.326 e. The zero-order valence-electron chi connectivity index (χ0n) is 11.4. The van der Waals surface area contributed by atoms with Crippen molar-refractivity contribution in [1.82, 2.24) is 4.90 Å². The number of halogens is 1. The standard InChI is InChI=1S/C14H23BrN2S/c1-4-13(16)14(17(2)9-10-18-3)11-5-7-12(15)8-6-11/h5-8,13-14H,4,9-10,16H2,1-3H3. The number of hydrogen-bond acceptors (Lipinski definition) is 3. The van der Waals surface area contributed by atoms with Crippen LogP contribution in [0.15, 0.2) is 28.7 Å². The predicted molar refractivity (Wildman–Crippen MR) is 86.2 cm³/mol. The van der Waals surface area contributed by atoms with Crippen molar-refractivity contribution in [2.45, 2.75) is 25.4 Å². The van der Waals surface area contributed by atoms with Gasteiger partial charge in [0.15, 0.2) is 0 Å². The highest BCUT2D eigenvalue weighted by molar-refractivity contribution is 9.10. The quantitative estimate of drug-likeness (QED) is 0.829. The van der Waals surface area contributed by atoms with Crippen molar-refractivity contribution in [2.75, 3.05) is 25.6 Å². The van der Waals surface area contributed by atoms with E-state index in [0.717, 1.165) is 23.2 Å². The molecule has 0 aliphatic rings. The summed E-state index contributed by atoms with van der Waals surface area (Å²) in [4.78, 5) is 2.37. The fraction of sp³-hybridized carbons (Fsp3) is 0.571. The average molecular weight is 331 g/mol. The lowest BCUT2D eigenvalue weighted by atomic mass is 9.97. The van der Waals surface area contributed by atoms with E-state index in [9.17, 15) is 0 Å². The van der Waals surface area contributed by atoms with Crippen LogP contribution < -0.4 is 5.73 Å². The zero-order valence-corrected chi connectivity index (χ0v) is 13.8. The number of benzene rings is 1. The fourth-order valence-electron chi connectivity index (χ4n) is 2.09. The fourth-order valence-corrected chi connectivity index (χ4v) is 2.82. The smallest absolute Gasteiger partial charge is 0.0496 e. The molecule has 2 N–H and O–H groups in total. The molecule has 102 valence electrons. The number of rotatable bonds is 7. The highest BCUT2D eigenvalue weighted by atomic mass is 79.9. The number of nitrogens with two attached hydrogens (primary N) is 1. The monoisotopic (exact) mass is 330 g/mol. The Morgan fingerprint density at radius 2 is 1.94 bits per heavy atom. The Hall–Kier alpha value is -0.0300. The molecule has 0 fully saturated rings. The molecule has 0 saturated heterocycles. The second kappa shape index (κ2) is 8.20. The van der Waals surface area contributed by atoms with Gasteiger partial charge in [-0.1, -0.05) is 35.0 Å². The molecule has 0 aromatic heterocycles. The molecule has 0 radical (unpaired) electrons. The Morgan fingerprint density at radius 3 is 2.44 bits per heavy atom. The maximum absolute atomic E-state index is 6.30. The lowest BCUT2D eigenvalue weighted by Crippen LogP contribution is -2.39. The van der Waals surface area contributed by atoms with E-state index in [1.165, 1.54) is 5.56 Å². The second-order valence-corrected chi connectivity index (χ2v) is 6.44. The van der Waals surface area contributed by atoms with Gasteiger partial charge in [-0.15, -0.1) is 0 Å². The van der Waals surface area contributed by atoms with Crippen molar-refractivity contribution < 1.29 is 0 Å². The Balaban J connectivity index is 2.86. The van der Waals surface area contributed by atoms with Crippen LogP contribution in [-0.2, 0) is 0 Å². The first-order chi connectivity index (χ1) is 8.60. The molecule has 2 atom stereocenters. The minimum atomic E-state index is 0.179. The molecular weight excluding hydrogens is 308 g/mol. The Kier molecular flexibility index (Phi) is 7.30. The molecule has 0 heterocycles. The van der Waals surface area contributed by atoms with E-state index in [1.54, 1.807) is 0 Å². The van der Waals surface area contributed by atoms with E-state index < -0.39 is 0 Å². The number of thioether (sulfide) groups is 1. The van der Waals surface area contributed by atoms with Crippen LogP contribution in [0.2, 0.25) is 0 Å². The van der Waals surface area contributed by atoms with Crippen LogP contribution in [0.5, 0.6) is 0 Å². The van der Waals surface area contributed by atoms with Crippen LogP contribution in [0.4, 0.5) is 0 Å². The van der Waals surface area contributed by atoms with Crippen molar-refractivity contribution in [3.63, 3.8) is 0 Å². The summed E-state index contributed by atoms with van der Waals surface area (Å²) in [6.07, 6.45) is 3.13. The normalized spacial score (nSPS) is 14.8. The number of hydrogen-bond donors (Lipinski definition) is 1. The minimum Gasteiger partial charge on any atom is -0.326 e. The van der Waals surface area contributed by atoms with Gasteiger partial charge in [0.2, 0.25) is 0 Å². The molecule has 0 spiro atoms. The van der Waals surface area contributed by atoms with Crippen molar-refractivity contribution in [2.24, 2.45) is 5.73 Å². The summed E-state index contributed by atoms with van der Waals surface area (Å²) >= 11 is 5.35. The Morgan fingerprint density at radius 1 is 1.33 bits per heavy atom. The summed E-state index contributed by atoms with van der Waals surface area (Å²) in [5, 5.41) is 0. The van der Waals surface area contributed by atoms with Crippen LogP contribution in [0.3, 0.4) is 0 Å². The van der Waals surface area contributed by atoms with Crippen LogP contribution >= 0.6 is 27.7 Å². The Bertz CT molecular complexity index is 342. The molecule has 18 heavy (non-hydrogen) atoms. The summed E-state index contributed by atoms with van der Waals surface area (Å²) in [5.41, 5.74) is 7.60. The van der Waals surface area contributed by atoms with Gasteiger partial charge in [0, 0.05) is 28.9 Å². The third-order valence-electron chi connectivity index (χ3n) is 3.21. The second-order valence-electron chi connectivity index (χ2n) is 4.54. The van der Waals surface area contributed by atoms with Gasteiger partial charge in [0.05, 0.1) is 0 Å². The first-order valence-corrected chi connectivity index (χ1v) is 8.49. The van der Waals surface area contributed by atoms with E-state index >= 15 is 0 Å². The van der Waals surface area contributed by atoms with E-state index in [-0.39, 0.29) is 6.04 Å². The molecule has 0 amide bonds. The number of likely N-dealkylation sites (N-methyl/N-ethyl adjacent to an activating group) is 1. The first kappa shape index (κ1) is 16.0. The lowest BCUT2D eigenvalue weighted by Gasteiger charge is -2.32. The molecule has 1 aromatic rings. The highest BCUT2D eigenvalue weighted by Crippen LogP contribution is 2.25. The summed E-state index contributed by atoms with van der Waals surface area (Å²) in [7, 11) is 2.17. The van der Waals surface area contributed by atoms with Gasteiger partial charge in [-0.25, -0.2) is 0 Å². The van der Waals surface area contributed by atoms with Crippen molar-refractivity contribution in [3.05, 3.63) is 34.3 Å². The molecule has 0 aliphatic carbocycles. The SMILES string of the molecule is CCC(N)C(c1ccc(Br)cc1)N(C)CCSC. The predicted octanol–water partition coefficient (Wildman–Crippen LogP) is 3.52. The molecule has 4 heteroatoms. The maximum atomic E-state index is 6.30. The zero-order chi connectivity index (χ0) is 13.5. The van der Waals surface area contributed by atoms with E-state index in [1.807, 2.05) is 11.8 Å². The van der Waals surface area contributed by atoms with Gasteiger partial charge >= 0.3 is 0 Å². The third-order valence-corrected chi connectivity index (χ3v) is 4.33. The molecule has 2 nitrogen and oxygen atoms in total. The van der Waals surface area contributed by atoms with Crippen LogP contribution in [0.1, 0.15) is 24.9 Å². The van der Waals surface area contributed by atoms with Gasteiger partial charge in [-0.2, -0.15) is 11.8 Å². The molecular formula is C14H23BrN2S. The summed E-state index contributed by atoms with van der Waals surface area (Å²) in [6, 6.07) is 8.99. The molecule has 0 bridgehead atoms. The van der Waals surface area contributed by atoms with Gasteiger partial charge in [0.25, 0.3) is 0 Å². The molecule has 2 unspecified atom stereocenters. The van der Waals surface area contributed by atoms with Crippen LogP contribution in [-0.4, -0.2) is 36.5 Å². The molecule has 0 aliphatic heterocycles. The van der Waals surface area contributed by atoms with Crippen LogP contribution in [0, 0.1) is 0 Å². The third kappa shape index (κ3) is 4.57. The van der Waals surface area contributed by atoms with Crippen LogP contribution in [0.25, 0.3) is 0 Å². The molecule has 0 saturated carbocycles. The van der Waals surface area contributed by atoms with Gasteiger partial charge in [0.1, 0.15) is 0 Å². The van der Waals surface area contributed by atoms with Crippen molar-refractivity contribution in [1.29, 1.82) is 0 Å². The summed E-state index contributed by atoms with van der Waals surface area (Å²) in [6.45, 7) is 3.22. The van der Waals surface area contributed by atoms with Gasteiger partial charge in [-0.3, -0.25) is 4.90 Å². The van der Waals surface area contributed by atoms with Gasteiger partial charge < -0.3 is 5.73 Å². The van der Waals surface area contributed by atoms with Crippen molar-refractivity contribution in [3.8, 4) is 0 Å². The number of nitrogens with zero attached hydrogens (tertiary/aromatic N) is 1. The Labute approximate surface area is 123 Å². The van der Waals surface area contributed by atoms with E-state index in [2.05, 4.69) is 65.3 Å². The van der Waals surface area contributed by atoms with E-state index in [0.29, 0.717) is 6.04 Å². The first-order valence-electron chi connectivity index (χ1n) is 6.30. The highest BCUT2D eigenvalue weighted by Gasteiger charge is 2.22. The average Bonchev–Trinajstić information content (AvgIpc) is 2.38. The maximum Gasteiger partial charge on any atom is 0.0496 e. The summed E-state index contributed by atoms with van der Waals surface area (Å²) in [5.74, 6) is 1.14. The van der Waals surface area contributed by atoms with Crippen molar-refractivity contribution >= 4 is 27.7 Å². The topological polar surface area (TPSA) is 29.3 Å². The lowest BCUT2D eigenvalue weighted by molar-refractivity contribution is 0.221.